The zero-order valence-electron chi connectivity index (χ0n) is 43.4. The second kappa shape index (κ2) is 45.5. The van der Waals surface area contributed by atoms with Gasteiger partial charge in [-0.05, 0) is 51.4 Å². The quantitative estimate of drug-likeness (QED) is 0.0196. The number of hydrogen-bond acceptors (Lipinski definition) is 11. The summed E-state index contributed by atoms with van der Waals surface area (Å²) in [5, 5.41) is 31.0. The first-order valence-corrected chi connectivity index (χ1v) is 29.3. The lowest BCUT2D eigenvalue weighted by Gasteiger charge is -2.40. The Morgan fingerprint density at radius 1 is 0.507 bits per heavy atom. The summed E-state index contributed by atoms with van der Waals surface area (Å²) in [7, 11) is -4.61. The highest BCUT2D eigenvalue weighted by Crippen LogP contribution is 2.24. The van der Waals surface area contributed by atoms with E-state index in [1.54, 1.807) is 0 Å². The van der Waals surface area contributed by atoms with Crippen LogP contribution < -0.4 is 0 Å². The fraction of sp³-hybridized carbons (Fsp3) is 0.821. The molecule has 1 aliphatic heterocycles. The number of carbonyl (C=O) groups is 2. The van der Waals surface area contributed by atoms with E-state index in [0.29, 0.717) is 12.8 Å². The number of aliphatic hydroxyl groups is 3. The van der Waals surface area contributed by atoms with Crippen LogP contribution in [0.4, 0.5) is 0 Å². The van der Waals surface area contributed by atoms with Gasteiger partial charge in [0.2, 0.25) is 0 Å². The van der Waals surface area contributed by atoms with Gasteiger partial charge in [-0.25, -0.2) is 0 Å². The molecule has 6 unspecified atom stereocenters. The van der Waals surface area contributed by atoms with Crippen molar-refractivity contribution in [3.8, 4) is 0 Å². The minimum atomic E-state index is -4.61. The highest BCUT2D eigenvalue weighted by atomic mass is 32.2. The van der Waals surface area contributed by atoms with Gasteiger partial charge in [-0.3, -0.25) is 14.1 Å². The zero-order valence-corrected chi connectivity index (χ0v) is 44.2. The summed E-state index contributed by atoms with van der Waals surface area (Å²) in [6.07, 6.45) is 47.2. The first-order valence-electron chi connectivity index (χ1n) is 27.7. The molecule has 0 amide bonds. The topological polar surface area (TPSA) is 186 Å². The Morgan fingerprint density at radius 3 is 1.36 bits per heavy atom. The maximum atomic E-state index is 12.9. The lowest BCUT2D eigenvalue weighted by atomic mass is 10.00. The molecule has 0 bridgehead atoms. The van der Waals surface area contributed by atoms with Gasteiger partial charge in [0, 0.05) is 12.8 Å². The summed E-state index contributed by atoms with van der Waals surface area (Å²) in [5.74, 6) is -1.98. The van der Waals surface area contributed by atoms with Crippen molar-refractivity contribution in [2.75, 3.05) is 19.0 Å². The molecule has 1 fully saturated rings. The number of esters is 2. The third kappa shape index (κ3) is 39.9. The SMILES string of the molecule is CC/C=C\C/C=C\C/C=C\C/C=C\CCCCCCCCCCC(=O)OC(COC(=O)CCCCCCCCCCCCCCCCCCCCCC)COC1OC(CS(=O)(=O)O)C(O)C(O)C1O. The van der Waals surface area contributed by atoms with E-state index in [1.165, 1.54) is 122 Å². The van der Waals surface area contributed by atoms with Gasteiger partial charge in [0.05, 0.1) is 6.61 Å². The van der Waals surface area contributed by atoms with Crippen molar-refractivity contribution in [2.45, 2.75) is 275 Å². The highest BCUT2D eigenvalue weighted by molar-refractivity contribution is 7.85. The summed E-state index contributed by atoms with van der Waals surface area (Å²) in [5.41, 5.74) is 0. The van der Waals surface area contributed by atoms with Crippen molar-refractivity contribution in [1.82, 2.24) is 0 Å². The molecule has 12 nitrogen and oxygen atoms in total. The van der Waals surface area contributed by atoms with E-state index in [9.17, 15) is 37.9 Å². The van der Waals surface area contributed by atoms with Crippen LogP contribution in [0.25, 0.3) is 0 Å². The smallest absolute Gasteiger partial charge is 0.306 e. The monoisotopic (exact) mass is 997 g/mol. The molecule has 1 aliphatic rings. The van der Waals surface area contributed by atoms with E-state index in [4.69, 9.17) is 18.9 Å². The third-order valence-corrected chi connectivity index (χ3v) is 13.4. The molecule has 1 saturated heterocycles. The number of rotatable bonds is 47. The van der Waals surface area contributed by atoms with Gasteiger partial charge in [-0.2, -0.15) is 8.42 Å². The van der Waals surface area contributed by atoms with Crippen LogP contribution in [-0.2, 0) is 38.7 Å². The normalized spacial score (nSPS) is 19.4. The van der Waals surface area contributed by atoms with Gasteiger partial charge >= 0.3 is 11.9 Å². The molecule has 1 heterocycles. The molecule has 0 spiro atoms. The second-order valence-corrected chi connectivity index (χ2v) is 20.7. The predicted octanol–water partition coefficient (Wildman–Crippen LogP) is 13.1. The van der Waals surface area contributed by atoms with Crippen molar-refractivity contribution in [3.05, 3.63) is 48.6 Å². The Morgan fingerprint density at radius 2 is 0.913 bits per heavy atom. The Balaban J connectivity index is 2.33. The summed E-state index contributed by atoms with van der Waals surface area (Å²) in [6.45, 7) is 3.69. The van der Waals surface area contributed by atoms with Gasteiger partial charge in [-0.1, -0.05) is 223 Å². The summed E-state index contributed by atoms with van der Waals surface area (Å²) in [6, 6.07) is 0. The van der Waals surface area contributed by atoms with Crippen LogP contribution in [0.3, 0.4) is 0 Å². The molecule has 0 aromatic carbocycles. The highest BCUT2D eigenvalue weighted by Gasteiger charge is 2.46. The molecule has 6 atom stereocenters. The Kier molecular flexibility index (Phi) is 42.6. The van der Waals surface area contributed by atoms with Crippen LogP contribution in [0, 0.1) is 0 Å². The molecular formula is C56H100O12S. The molecule has 4 N–H and O–H groups in total. The maximum Gasteiger partial charge on any atom is 0.306 e. The molecule has 69 heavy (non-hydrogen) atoms. The Labute approximate surface area is 420 Å². The minimum Gasteiger partial charge on any atom is -0.462 e. The van der Waals surface area contributed by atoms with Crippen LogP contribution in [-0.4, -0.2) is 96.0 Å². The lowest BCUT2D eigenvalue weighted by Crippen LogP contribution is -2.60. The van der Waals surface area contributed by atoms with Crippen molar-refractivity contribution >= 4 is 22.1 Å². The number of carbonyl (C=O) groups excluding carboxylic acids is 2. The van der Waals surface area contributed by atoms with E-state index in [0.717, 1.165) is 77.0 Å². The standard InChI is InChI=1S/C56H100O12S/c1-3-5-7-9-11-13-15-17-19-21-23-25-27-29-31-33-35-37-39-41-43-45-52(58)67-49(47-66-56-55(61)54(60)53(59)50(68-56)48-69(62,63)64)46-65-51(57)44-42-40-38-36-34-32-30-28-26-24-22-20-18-16-14-12-10-8-6-4-2/h5,7,11,13,17,19,23,25,49-50,53-56,59-61H,3-4,6,8-10,12,14-16,18,20-22,24,26-48H2,1-2H3,(H,62,63,64)/b7-5-,13-11-,19-17-,25-23-. The van der Waals surface area contributed by atoms with Gasteiger partial charge < -0.3 is 34.3 Å². The molecule has 13 heteroatoms. The third-order valence-electron chi connectivity index (χ3n) is 12.7. The van der Waals surface area contributed by atoms with Crippen LogP contribution in [0.15, 0.2) is 48.6 Å². The van der Waals surface area contributed by atoms with E-state index in [1.807, 2.05) is 0 Å². The van der Waals surface area contributed by atoms with Gasteiger partial charge in [0.1, 0.15) is 36.8 Å². The zero-order chi connectivity index (χ0) is 50.5. The maximum absolute atomic E-state index is 12.9. The summed E-state index contributed by atoms with van der Waals surface area (Å²) >= 11 is 0. The van der Waals surface area contributed by atoms with Gasteiger partial charge in [0.15, 0.2) is 12.4 Å². The average molecular weight is 997 g/mol. The Bertz CT molecular complexity index is 1450. The molecule has 0 aliphatic carbocycles. The summed E-state index contributed by atoms with van der Waals surface area (Å²) in [4.78, 5) is 25.6. The molecule has 1 rings (SSSR count). The van der Waals surface area contributed by atoms with E-state index in [-0.39, 0.29) is 19.4 Å². The molecule has 402 valence electrons. The number of unbranched alkanes of at least 4 members (excludes halogenated alkanes) is 27. The lowest BCUT2D eigenvalue weighted by molar-refractivity contribution is -0.297. The van der Waals surface area contributed by atoms with Crippen molar-refractivity contribution < 1.29 is 56.8 Å². The van der Waals surface area contributed by atoms with Crippen molar-refractivity contribution in [2.24, 2.45) is 0 Å². The van der Waals surface area contributed by atoms with Gasteiger partial charge in [-0.15, -0.1) is 0 Å². The van der Waals surface area contributed by atoms with Crippen LogP contribution in [0.5, 0.6) is 0 Å². The number of hydrogen-bond donors (Lipinski definition) is 4. The largest absolute Gasteiger partial charge is 0.462 e. The molecule has 0 aromatic rings. The predicted molar refractivity (Wildman–Crippen MR) is 279 cm³/mol. The van der Waals surface area contributed by atoms with E-state index < -0.39 is 71.2 Å². The molecular weight excluding hydrogens is 897 g/mol. The fourth-order valence-electron chi connectivity index (χ4n) is 8.44. The fourth-order valence-corrected chi connectivity index (χ4v) is 9.13. The Hall–Kier alpha value is -2.39. The van der Waals surface area contributed by atoms with Gasteiger partial charge in [0.25, 0.3) is 10.1 Å². The molecule has 0 saturated carbocycles. The number of aliphatic hydroxyl groups excluding tert-OH is 3. The molecule has 0 radical (unpaired) electrons. The first kappa shape index (κ1) is 64.6. The number of ether oxygens (including phenoxy) is 4. The van der Waals surface area contributed by atoms with Crippen LogP contribution in [0.1, 0.15) is 239 Å². The minimum absolute atomic E-state index is 0.155. The van der Waals surface area contributed by atoms with Crippen molar-refractivity contribution in [1.29, 1.82) is 0 Å². The van der Waals surface area contributed by atoms with Crippen LogP contribution >= 0.6 is 0 Å². The number of allylic oxidation sites excluding steroid dienone is 8. The average Bonchev–Trinajstić information content (AvgIpc) is 3.32. The van der Waals surface area contributed by atoms with Crippen LogP contribution in [0.2, 0.25) is 0 Å². The van der Waals surface area contributed by atoms with Crippen molar-refractivity contribution in [3.63, 3.8) is 0 Å². The first-order chi connectivity index (χ1) is 33.5. The molecule has 0 aromatic heterocycles. The second-order valence-electron chi connectivity index (χ2n) is 19.2. The van der Waals surface area contributed by atoms with E-state index >= 15 is 0 Å². The summed E-state index contributed by atoms with van der Waals surface area (Å²) < 4.78 is 54.4. The van der Waals surface area contributed by atoms with E-state index in [2.05, 4.69) is 62.5 Å².